The molecule has 0 bridgehead atoms. The van der Waals surface area contributed by atoms with Crippen LogP contribution in [0.4, 0.5) is 5.95 Å². The first-order valence-electron chi connectivity index (χ1n) is 18.2. The van der Waals surface area contributed by atoms with Crippen LogP contribution in [0.1, 0.15) is 46.4 Å². The van der Waals surface area contributed by atoms with Crippen molar-refractivity contribution < 1.29 is 38.2 Å². The number of imide groups is 2. The maximum absolute atomic E-state index is 13.2. The van der Waals surface area contributed by atoms with Gasteiger partial charge < -0.3 is 29.8 Å². The van der Waals surface area contributed by atoms with Crippen molar-refractivity contribution in [3.63, 3.8) is 0 Å². The molecule has 2 aromatic carbocycles. The Hall–Kier alpha value is -5.42. The Morgan fingerprint density at radius 2 is 1.80 bits per heavy atom. The number of benzene rings is 2. The number of amides is 5. The van der Waals surface area contributed by atoms with Gasteiger partial charge in [0.05, 0.1) is 54.5 Å². The fourth-order valence-electron chi connectivity index (χ4n) is 7.03. The van der Waals surface area contributed by atoms with E-state index >= 15 is 0 Å². The van der Waals surface area contributed by atoms with Gasteiger partial charge >= 0.3 is 0 Å². The lowest BCUT2D eigenvalue weighted by Gasteiger charge is -2.33. The molecule has 4 N–H and O–H groups in total. The van der Waals surface area contributed by atoms with Crippen LogP contribution in [0.15, 0.2) is 54.9 Å². The number of fused-ring (bicyclic) bond motifs is 2. The third-order valence-corrected chi connectivity index (χ3v) is 9.98. The summed E-state index contributed by atoms with van der Waals surface area (Å²) < 4.78 is 17.0. The molecule has 3 aliphatic heterocycles. The summed E-state index contributed by atoms with van der Waals surface area (Å²) in [5.74, 6) is -2.37. The minimum Gasteiger partial charge on any atom is -0.483 e. The fraction of sp³-hybridized carbons (Fsp3) is 0.395. The summed E-state index contributed by atoms with van der Waals surface area (Å²) in [4.78, 5) is 78.2. The van der Waals surface area contributed by atoms with E-state index in [2.05, 4.69) is 30.8 Å². The number of carbonyl (C=O) groups is 5. The monoisotopic (exact) mass is 772 g/mol. The van der Waals surface area contributed by atoms with Crippen molar-refractivity contribution in [2.75, 3.05) is 64.5 Å². The van der Waals surface area contributed by atoms with Crippen LogP contribution in [-0.2, 0) is 23.9 Å². The normalized spacial score (nSPS) is 18.7. The molecule has 2 unspecified atom stereocenters. The summed E-state index contributed by atoms with van der Waals surface area (Å²) in [5, 5.41) is 9.89. The number of nitrogens with one attached hydrogen (secondary N) is 4. The van der Waals surface area contributed by atoms with Crippen LogP contribution in [0.3, 0.4) is 0 Å². The zero-order valence-corrected chi connectivity index (χ0v) is 30.7. The Kier molecular flexibility index (Phi) is 12.0. The number of rotatable bonds is 16. The second kappa shape index (κ2) is 17.4. The van der Waals surface area contributed by atoms with Crippen LogP contribution < -0.4 is 20.7 Å². The van der Waals surface area contributed by atoms with E-state index in [1.54, 1.807) is 6.20 Å². The number of H-pyrrole nitrogens is 1. The Balaban J connectivity index is 0.765. The third-order valence-electron chi connectivity index (χ3n) is 9.71. The van der Waals surface area contributed by atoms with Crippen molar-refractivity contribution in [1.29, 1.82) is 0 Å². The van der Waals surface area contributed by atoms with Gasteiger partial charge in [-0.2, -0.15) is 0 Å². The fourth-order valence-corrected chi connectivity index (χ4v) is 7.22. The highest BCUT2D eigenvalue weighted by molar-refractivity contribution is 6.33. The average Bonchev–Trinajstić information content (AvgIpc) is 3.72. The molecule has 0 spiro atoms. The number of aromatic amines is 1. The molecule has 55 heavy (non-hydrogen) atoms. The van der Waals surface area contributed by atoms with Gasteiger partial charge in [0.25, 0.3) is 17.7 Å². The first-order valence-corrected chi connectivity index (χ1v) is 18.6. The Labute approximate surface area is 321 Å². The first-order chi connectivity index (χ1) is 26.8. The van der Waals surface area contributed by atoms with Crippen LogP contribution >= 0.6 is 11.6 Å². The van der Waals surface area contributed by atoms with Crippen molar-refractivity contribution in [2.45, 2.75) is 37.8 Å². The van der Waals surface area contributed by atoms with Crippen molar-refractivity contribution in [3.05, 3.63) is 71.0 Å². The topological polar surface area (TPSA) is 197 Å². The van der Waals surface area contributed by atoms with Crippen molar-refractivity contribution in [1.82, 2.24) is 35.4 Å². The Morgan fingerprint density at radius 1 is 0.964 bits per heavy atom. The summed E-state index contributed by atoms with van der Waals surface area (Å²) in [6.07, 6.45) is 5.65. The van der Waals surface area contributed by atoms with Gasteiger partial charge in [0.1, 0.15) is 11.8 Å². The molecular formula is C38H41ClN8O8. The number of piperidine rings is 2. The lowest BCUT2D eigenvalue weighted by molar-refractivity contribution is -0.136. The minimum absolute atomic E-state index is 0.0147. The maximum Gasteiger partial charge on any atom is 0.266 e. The van der Waals surface area contributed by atoms with Gasteiger partial charge in [-0.1, -0.05) is 35.9 Å². The molecule has 288 valence electrons. The molecule has 5 amide bonds. The summed E-state index contributed by atoms with van der Waals surface area (Å²) in [7, 11) is 0. The van der Waals surface area contributed by atoms with Gasteiger partial charge in [-0.25, -0.2) is 9.97 Å². The van der Waals surface area contributed by atoms with E-state index in [1.807, 2.05) is 30.5 Å². The molecule has 7 rings (SSSR count). The molecule has 0 aliphatic carbocycles. The molecule has 2 saturated heterocycles. The number of anilines is 1. The molecule has 0 saturated carbocycles. The predicted molar refractivity (Wildman–Crippen MR) is 201 cm³/mol. The van der Waals surface area contributed by atoms with Crippen LogP contribution in [0.2, 0.25) is 5.02 Å². The number of carbonyl (C=O) groups excluding carboxylic acids is 5. The number of para-hydroxylation sites is 1. The molecule has 2 atom stereocenters. The largest absolute Gasteiger partial charge is 0.483 e. The highest BCUT2D eigenvalue weighted by Gasteiger charge is 2.46. The van der Waals surface area contributed by atoms with Gasteiger partial charge in [0.15, 0.2) is 6.61 Å². The zero-order valence-electron chi connectivity index (χ0n) is 30.0. The second-order valence-corrected chi connectivity index (χ2v) is 13.8. The molecule has 16 nitrogen and oxygen atoms in total. The van der Waals surface area contributed by atoms with Crippen molar-refractivity contribution in [3.8, 4) is 17.0 Å². The second-order valence-electron chi connectivity index (χ2n) is 13.4. The number of halogens is 1. The molecule has 4 aromatic rings. The number of hydrogen-bond donors (Lipinski definition) is 4. The average molecular weight is 773 g/mol. The van der Waals surface area contributed by atoms with Gasteiger partial charge in [0.2, 0.25) is 17.8 Å². The van der Waals surface area contributed by atoms with Gasteiger partial charge in [-0.3, -0.25) is 39.1 Å². The molecule has 2 aromatic heterocycles. The summed E-state index contributed by atoms with van der Waals surface area (Å²) in [5.41, 5.74) is 2.68. The standard InChI is InChI=1S/C38H41ClN8O8/c39-27-20-42-38(45-34(27)26-19-41-28-8-2-1-6-24(26)28)43-23-5-4-13-46(21-23)14-16-54-18-17-53-15-12-40-32(49)22-55-30-9-3-7-25-33(30)37(52)47(36(25)51)29-10-11-31(48)44-35(29)50/h1-3,6-9,19-20,23,29,41H,4-5,10-18,21-22H2,(H,40,49)(H,42,43,45)(H,44,48,50). The Morgan fingerprint density at radius 3 is 2.65 bits per heavy atom. The van der Waals surface area contributed by atoms with Gasteiger partial charge in [-0.15, -0.1) is 0 Å². The Bertz CT molecular complexity index is 2090. The van der Waals surface area contributed by atoms with E-state index in [0.29, 0.717) is 36.5 Å². The predicted octanol–water partition coefficient (Wildman–Crippen LogP) is 2.78. The van der Waals surface area contributed by atoms with E-state index in [0.717, 1.165) is 53.8 Å². The number of aromatic nitrogens is 3. The number of likely N-dealkylation sites (tertiary alicyclic amines) is 1. The summed E-state index contributed by atoms with van der Waals surface area (Å²) in [6, 6.07) is 11.6. The van der Waals surface area contributed by atoms with E-state index in [-0.39, 0.29) is 48.9 Å². The van der Waals surface area contributed by atoms with Crippen molar-refractivity contribution >= 4 is 58.0 Å². The lowest BCUT2D eigenvalue weighted by Crippen LogP contribution is -2.54. The van der Waals surface area contributed by atoms with E-state index < -0.39 is 42.2 Å². The van der Waals surface area contributed by atoms with Crippen LogP contribution in [0.5, 0.6) is 5.75 Å². The van der Waals surface area contributed by atoms with E-state index in [1.165, 1.54) is 18.2 Å². The van der Waals surface area contributed by atoms with Gasteiger partial charge in [-0.05, 0) is 44.0 Å². The summed E-state index contributed by atoms with van der Waals surface area (Å²) >= 11 is 6.51. The number of ether oxygens (including phenoxy) is 3. The van der Waals surface area contributed by atoms with E-state index in [9.17, 15) is 24.0 Å². The highest BCUT2D eigenvalue weighted by atomic mass is 35.5. The SMILES string of the molecule is O=C(COc1cccc2c1C(=O)N(C1CCC(=O)NC1=O)C2=O)NCCOCCOCCN1CCCC(Nc2ncc(Cl)c(-c3c[nH]c4ccccc34)n2)C1. The molecule has 5 heterocycles. The number of hydrogen-bond acceptors (Lipinski definition) is 12. The molecule has 2 fully saturated rings. The smallest absolute Gasteiger partial charge is 0.266 e. The molecule has 3 aliphatic rings. The highest BCUT2D eigenvalue weighted by Crippen LogP contribution is 2.34. The summed E-state index contributed by atoms with van der Waals surface area (Å²) in [6.45, 7) is 4.00. The number of nitrogens with zero attached hydrogens (tertiary/aromatic N) is 4. The first kappa shape index (κ1) is 37.9. The van der Waals surface area contributed by atoms with E-state index in [4.69, 9.17) is 30.8 Å². The molecule has 0 radical (unpaired) electrons. The lowest BCUT2D eigenvalue weighted by atomic mass is 10.0. The minimum atomic E-state index is -1.10. The zero-order chi connectivity index (χ0) is 38.3. The van der Waals surface area contributed by atoms with Gasteiger partial charge in [0, 0.05) is 54.8 Å². The maximum atomic E-state index is 13.2. The van der Waals surface area contributed by atoms with Crippen molar-refractivity contribution in [2.24, 2.45) is 0 Å². The third kappa shape index (κ3) is 8.78. The molecular weight excluding hydrogens is 732 g/mol. The van der Waals surface area contributed by atoms with Crippen LogP contribution in [-0.4, -0.2) is 126 Å². The quantitative estimate of drug-likeness (QED) is 0.0962. The van der Waals surface area contributed by atoms with Crippen LogP contribution in [0.25, 0.3) is 22.2 Å². The molecule has 17 heteroatoms. The van der Waals surface area contributed by atoms with Crippen LogP contribution in [0, 0.1) is 0 Å².